The summed E-state index contributed by atoms with van der Waals surface area (Å²) in [6.07, 6.45) is 3.24. The first-order chi connectivity index (χ1) is 10.3. The maximum absolute atomic E-state index is 10.9. The second-order valence-corrected chi connectivity index (χ2v) is 7.50. The standard InChI is InChI=1S/C18H22N2O2/c1-17(2)14(16(21)18(3,4)22-17)15-12-8-6-5-7-11(12)13-9-19-10-20(13)15/h5-10,14-16,21H,1-4H3/t14-,15?,16-/m0/s1. The lowest BCUT2D eigenvalue weighted by atomic mass is 9.77. The van der Waals surface area contributed by atoms with E-state index in [1.165, 1.54) is 11.1 Å². The van der Waals surface area contributed by atoms with Crippen LogP contribution < -0.4 is 0 Å². The average molecular weight is 298 g/mol. The van der Waals surface area contributed by atoms with E-state index in [0.717, 1.165) is 5.69 Å². The van der Waals surface area contributed by atoms with Crippen LogP contribution in [0.25, 0.3) is 11.3 Å². The number of benzene rings is 1. The number of aromatic nitrogens is 2. The molecule has 1 aromatic heterocycles. The summed E-state index contributed by atoms with van der Waals surface area (Å²) in [4.78, 5) is 4.31. The van der Waals surface area contributed by atoms with Crippen molar-refractivity contribution >= 4 is 0 Å². The molecular formula is C18H22N2O2. The number of aliphatic hydroxyl groups excluding tert-OH is 1. The number of imidazole rings is 1. The van der Waals surface area contributed by atoms with Crippen LogP contribution in [0.1, 0.15) is 39.3 Å². The molecule has 3 atom stereocenters. The number of hydrogen-bond donors (Lipinski definition) is 1. The van der Waals surface area contributed by atoms with Crippen molar-refractivity contribution in [3.63, 3.8) is 0 Å². The zero-order chi connectivity index (χ0) is 15.7. The van der Waals surface area contributed by atoms with Crippen molar-refractivity contribution in [2.24, 2.45) is 5.92 Å². The highest BCUT2D eigenvalue weighted by molar-refractivity contribution is 5.69. The summed E-state index contributed by atoms with van der Waals surface area (Å²) in [7, 11) is 0. The van der Waals surface area contributed by atoms with Crippen molar-refractivity contribution in [1.29, 1.82) is 0 Å². The number of rotatable bonds is 1. The highest BCUT2D eigenvalue weighted by atomic mass is 16.5. The van der Waals surface area contributed by atoms with E-state index in [1.807, 2.05) is 26.4 Å². The van der Waals surface area contributed by atoms with Gasteiger partial charge in [-0.05, 0) is 33.3 Å². The highest BCUT2D eigenvalue weighted by Crippen LogP contribution is 2.53. The molecular weight excluding hydrogens is 276 g/mol. The first kappa shape index (κ1) is 14.0. The summed E-state index contributed by atoms with van der Waals surface area (Å²) in [5, 5.41) is 10.9. The van der Waals surface area contributed by atoms with Crippen LogP contribution in [0.2, 0.25) is 0 Å². The number of aliphatic hydroxyl groups is 1. The SMILES string of the molecule is CC1(C)OC(C)(C)[C@@H](C2c3ccccc3-c3cncn32)[C@@H]1O. The zero-order valence-electron chi connectivity index (χ0n) is 13.4. The van der Waals surface area contributed by atoms with E-state index >= 15 is 0 Å². The highest BCUT2D eigenvalue weighted by Gasteiger charge is 2.58. The predicted octanol–water partition coefficient (Wildman–Crippen LogP) is 3.02. The molecule has 116 valence electrons. The summed E-state index contributed by atoms with van der Waals surface area (Å²) in [6.45, 7) is 8.09. The largest absolute Gasteiger partial charge is 0.390 e. The molecule has 0 saturated carbocycles. The van der Waals surface area contributed by atoms with E-state index < -0.39 is 17.3 Å². The number of fused-ring (bicyclic) bond motifs is 3. The third-order valence-corrected chi connectivity index (χ3v) is 5.24. The Bertz CT molecular complexity index is 732. The van der Waals surface area contributed by atoms with Crippen molar-refractivity contribution < 1.29 is 9.84 Å². The van der Waals surface area contributed by atoms with Gasteiger partial charge in [-0.3, -0.25) is 0 Å². The van der Waals surface area contributed by atoms with E-state index in [-0.39, 0.29) is 12.0 Å². The molecule has 1 unspecified atom stereocenters. The van der Waals surface area contributed by atoms with Crippen LogP contribution in [0.4, 0.5) is 0 Å². The minimum atomic E-state index is -0.549. The summed E-state index contributed by atoms with van der Waals surface area (Å²) in [5.41, 5.74) is 2.61. The van der Waals surface area contributed by atoms with Crippen molar-refractivity contribution in [3.05, 3.63) is 42.4 Å². The Labute approximate surface area is 130 Å². The quantitative estimate of drug-likeness (QED) is 0.880. The molecule has 4 nitrogen and oxygen atoms in total. The fraction of sp³-hybridized carbons (Fsp3) is 0.500. The molecule has 22 heavy (non-hydrogen) atoms. The van der Waals surface area contributed by atoms with Crippen LogP contribution >= 0.6 is 0 Å². The zero-order valence-corrected chi connectivity index (χ0v) is 13.4. The lowest BCUT2D eigenvalue weighted by Gasteiger charge is -2.33. The Kier molecular flexibility index (Phi) is 2.67. The van der Waals surface area contributed by atoms with E-state index in [4.69, 9.17) is 4.74 Å². The van der Waals surface area contributed by atoms with Gasteiger partial charge in [0, 0.05) is 11.5 Å². The fourth-order valence-corrected chi connectivity index (χ4v) is 4.41. The third-order valence-electron chi connectivity index (χ3n) is 5.24. The molecule has 0 amide bonds. The van der Waals surface area contributed by atoms with Gasteiger partial charge < -0.3 is 14.4 Å². The molecule has 1 saturated heterocycles. The Balaban J connectivity index is 1.90. The number of ether oxygens (including phenoxy) is 1. The van der Waals surface area contributed by atoms with Gasteiger partial charge in [0.1, 0.15) is 0 Å². The molecule has 0 bridgehead atoms. The van der Waals surface area contributed by atoms with E-state index in [0.29, 0.717) is 0 Å². The molecule has 4 heteroatoms. The Morgan fingerprint density at radius 1 is 1.14 bits per heavy atom. The van der Waals surface area contributed by atoms with E-state index in [2.05, 4.69) is 47.7 Å². The van der Waals surface area contributed by atoms with Crippen LogP contribution in [0.3, 0.4) is 0 Å². The van der Waals surface area contributed by atoms with Crippen molar-refractivity contribution in [2.75, 3.05) is 0 Å². The third kappa shape index (κ3) is 1.68. The summed E-state index contributed by atoms with van der Waals surface area (Å²) < 4.78 is 8.38. The fourth-order valence-electron chi connectivity index (χ4n) is 4.41. The Hall–Kier alpha value is -1.65. The van der Waals surface area contributed by atoms with Crippen LogP contribution in [-0.4, -0.2) is 32.0 Å². The van der Waals surface area contributed by atoms with E-state index in [1.54, 1.807) is 0 Å². The summed E-state index contributed by atoms with van der Waals surface area (Å²) in [6, 6.07) is 8.45. The molecule has 0 aliphatic carbocycles. The minimum absolute atomic E-state index is 0.0286. The van der Waals surface area contributed by atoms with Crippen LogP contribution in [0.15, 0.2) is 36.8 Å². The Morgan fingerprint density at radius 2 is 1.86 bits per heavy atom. The molecule has 3 heterocycles. The smallest absolute Gasteiger partial charge is 0.0956 e. The first-order valence-corrected chi connectivity index (χ1v) is 7.82. The van der Waals surface area contributed by atoms with Gasteiger partial charge >= 0.3 is 0 Å². The van der Waals surface area contributed by atoms with Gasteiger partial charge in [-0.2, -0.15) is 0 Å². The molecule has 2 aliphatic rings. The van der Waals surface area contributed by atoms with Crippen LogP contribution in [0, 0.1) is 5.92 Å². The monoisotopic (exact) mass is 298 g/mol. The van der Waals surface area contributed by atoms with Gasteiger partial charge in [-0.1, -0.05) is 24.3 Å². The first-order valence-electron chi connectivity index (χ1n) is 7.82. The Morgan fingerprint density at radius 3 is 2.55 bits per heavy atom. The van der Waals surface area contributed by atoms with Gasteiger partial charge in [-0.25, -0.2) is 4.98 Å². The molecule has 2 aliphatic heterocycles. The van der Waals surface area contributed by atoms with Gasteiger partial charge in [-0.15, -0.1) is 0 Å². The molecule has 4 rings (SSSR count). The van der Waals surface area contributed by atoms with Gasteiger partial charge in [0.05, 0.1) is 41.6 Å². The van der Waals surface area contributed by atoms with Gasteiger partial charge in [0.15, 0.2) is 0 Å². The van der Waals surface area contributed by atoms with Crippen LogP contribution in [-0.2, 0) is 4.74 Å². The summed E-state index contributed by atoms with van der Waals surface area (Å²) >= 11 is 0. The molecule has 1 N–H and O–H groups in total. The molecule has 0 radical (unpaired) electrons. The molecule has 0 spiro atoms. The predicted molar refractivity (Wildman–Crippen MR) is 84.5 cm³/mol. The van der Waals surface area contributed by atoms with Gasteiger partial charge in [0.2, 0.25) is 0 Å². The van der Waals surface area contributed by atoms with Gasteiger partial charge in [0.25, 0.3) is 0 Å². The summed E-state index contributed by atoms with van der Waals surface area (Å²) in [5.74, 6) is -0.0286. The molecule has 1 fully saturated rings. The second-order valence-electron chi connectivity index (χ2n) is 7.50. The number of nitrogens with zero attached hydrogens (tertiary/aromatic N) is 2. The van der Waals surface area contributed by atoms with Crippen LogP contribution in [0.5, 0.6) is 0 Å². The molecule has 1 aromatic carbocycles. The maximum atomic E-state index is 10.9. The van der Waals surface area contributed by atoms with E-state index in [9.17, 15) is 5.11 Å². The lowest BCUT2D eigenvalue weighted by Crippen LogP contribution is -2.40. The van der Waals surface area contributed by atoms with Crippen molar-refractivity contribution in [2.45, 2.75) is 51.0 Å². The van der Waals surface area contributed by atoms with Crippen molar-refractivity contribution in [1.82, 2.24) is 9.55 Å². The normalized spacial score (nSPS) is 31.0. The van der Waals surface area contributed by atoms with Crippen molar-refractivity contribution in [3.8, 4) is 11.3 Å². The lowest BCUT2D eigenvalue weighted by molar-refractivity contribution is -0.0915. The number of hydrogen-bond acceptors (Lipinski definition) is 3. The minimum Gasteiger partial charge on any atom is -0.390 e. The average Bonchev–Trinajstić information content (AvgIpc) is 3.04. The maximum Gasteiger partial charge on any atom is 0.0956 e. The molecule has 2 aromatic rings. The second kappa shape index (κ2) is 4.21. The topological polar surface area (TPSA) is 47.3 Å².